The molecule has 0 radical (unpaired) electrons. The Kier molecular flexibility index (Phi) is 6.05. The molecule has 1 aliphatic rings. The lowest BCUT2D eigenvalue weighted by molar-refractivity contribution is 0.0226. The average molecular weight is 318 g/mol. The zero-order chi connectivity index (χ0) is 16.9. The summed E-state index contributed by atoms with van der Waals surface area (Å²) in [5.41, 5.74) is 0.912. The molecule has 4 heteroatoms. The summed E-state index contributed by atoms with van der Waals surface area (Å²) in [6.45, 7) is 10.5. The number of ether oxygens (including phenoxy) is 1. The van der Waals surface area contributed by atoms with Crippen LogP contribution in [0, 0.1) is 0 Å². The Balaban J connectivity index is 1.79. The van der Waals surface area contributed by atoms with Crippen molar-refractivity contribution in [3.05, 3.63) is 35.9 Å². The van der Waals surface area contributed by atoms with Crippen LogP contribution in [-0.2, 0) is 4.74 Å². The number of benzene rings is 1. The summed E-state index contributed by atoms with van der Waals surface area (Å²) in [6.07, 6.45) is 1.92. The Bertz CT molecular complexity index is 496. The molecule has 23 heavy (non-hydrogen) atoms. The third kappa shape index (κ3) is 5.54. The van der Waals surface area contributed by atoms with Crippen molar-refractivity contribution < 1.29 is 9.53 Å². The second-order valence-corrected chi connectivity index (χ2v) is 7.44. The Morgan fingerprint density at radius 3 is 2.70 bits per heavy atom. The van der Waals surface area contributed by atoms with Crippen molar-refractivity contribution >= 4 is 6.09 Å². The van der Waals surface area contributed by atoms with Gasteiger partial charge in [0.1, 0.15) is 5.60 Å². The van der Waals surface area contributed by atoms with E-state index < -0.39 is 5.60 Å². The zero-order valence-electron chi connectivity index (χ0n) is 14.8. The number of nitrogens with zero attached hydrogens (tertiary/aromatic N) is 1. The quantitative estimate of drug-likeness (QED) is 0.898. The van der Waals surface area contributed by atoms with E-state index in [9.17, 15) is 4.79 Å². The molecule has 1 heterocycles. The highest BCUT2D eigenvalue weighted by Crippen LogP contribution is 2.20. The molecule has 1 amide bonds. The highest BCUT2D eigenvalue weighted by molar-refractivity contribution is 5.69. The van der Waals surface area contributed by atoms with Gasteiger partial charge in [-0.05, 0) is 45.1 Å². The molecule has 1 fully saturated rings. The lowest BCUT2D eigenvalue weighted by Crippen LogP contribution is -2.44. The summed E-state index contributed by atoms with van der Waals surface area (Å²) in [6, 6.07) is 10.8. The smallest absolute Gasteiger partial charge is 0.410 e. The van der Waals surface area contributed by atoms with Crippen molar-refractivity contribution in [1.82, 2.24) is 10.2 Å². The van der Waals surface area contributed by atoms with Crippen molar-refractivity contribution in [2.24, 2.45) is 0 Å². The summed E-state index contributed by atoms with van der Waals surface area (Å²) in [4.78, 5) is 14.1. The van der Waals surface area contributed by atoms with Crippen LogP contribution in [0.5, 0.6) is 0 Å². The first-order valence-electron chi connectivity index (χ1n) is 8.62. The molecule has 4 nitrogen and oxygen atoms in total. The number of carbonyl (C=O) groups excluding carboxylic acids is 1. The maximum absolute atomic E-state index is 12.3. The predicted octanol–water partition coefficient (Wildman–Crippen LogP) is 3.78. The van der Waals surface area contributed by atoms with Gasteiger partial charge in [-0.3, -0.25) is 0 Å². The van der Waals surface area contributed by atoms with Gasteiger partial charge in [-0.2, -0.15) is 0 Å². The minimum absolute atomic E-state index is 0.182. The molecule has 0 spiro atoms. The highest BCUT2D eigenvalue weighted by atomic mass is 16.6. The number of rotatable bonds is 5. The molecule has 1 aromatic rings. The Morgan fingerprint density at radius 2 is 2.04 bits per heavy atom. The summed E-state index contributed by atoms with van der Waals surface area (Å²) >= 11 is 0. The lowest BCUT2D eigenvalue weighted by Gasteiger charge is -2.29. The molecule has 1 aromatic carbocycles. The Hall–Kier alpha value is -1.55. The standard InChI is InChI=1S/C19H30N2O2/c1-15(16-9-6-5-7-10-16)13-20-14-17-11-8-12-21(17)18(22)23-19(2,3)4/h5-7,9-10,15,17,20H,8,11-14H2,1-4H3. The molecule has 0 aromatic heterocycles. The molecule has 1 N–H and O–H groups in total. The van der Waals surface area contributed by atoms with Crippen LogP contribution in [0.25, 0.3) is 0 Å². The molecule has 1 saturated heterocycles. The minimum Gasteiger partial charge on any atom is -0.444 e. The van der Waals surface area contributed by atoms with Gasteiger partial charge in [0, 0.05) is 25.7 Å². The van der Waals surface area contributed by atoms with Crippen LogP contribution in [-0.4, -0.2) is 42.3 Å². The monoisotopic (exact) mass is 318 g/mol. The van der Waals surface area contributed by atoms with Crippen LogP contribution >= 0.6 is 0 Å². The van der Waals surface area contributed by atoms with Crippen LogP contribution in [0.3, 0.4) is 0 Å². The van der Waals surface area contributed by atoms with E-state index in [1.807, 2.05) is 31.7 Å². The molecular weight excluding hydrogens is 288 g/mol. The minimum atomic E-state index is -0.431. The topological polar surface area (TPSA) is 41.6 Å². The molecule has 0 bridgehead atoms. The average Bonchev–Trinajstić information content (AvgIpc) is 2.95. The van der Waals surface area contributed by atoms with Crippen molar-refractivity contribution in [2.75, 3.05) is 19.6 Å². The zero-order valence-corrected chi connectivity index (χ0v) is 14.8. The highest BCUT2D eigenvalue weighted by Gasteiger charge is 2.31. The number of carbonyl (C=O) groups is 1. The SMILES string of the molecule is CC(CNCC1CCCN1C(=O)OC(C)(C)C)c1ccccc1. The van der Waals surface area contributed by atoms with E-state index in [1.165, 1.54) is 5.56 Å². The maximum Gasteiger partial charge on any atom is 0.410 e. The lowest BCUT2D eigenvalue weighted by atomic mass is 10.0. The van der Waals surface area contributed by atoms with Gasteiger partial charge in [0.25, 0.3) is 0 Å². The van der Waals surface area contributed by atoms with Crippen LogP contribution < -0.4 is 5.32 Å². The molecule has 2 unspecified atom stereocenters. The van der Waals surface area contributed by atoms with Crippen LogP contribution in [0.1, 0.15) is 52.0 Å². The fraction of sp³-hybridized carbons (Fsp3) is 0.632. The van der Waals surface area contributed by atoms with Crippen LogP contribution in [0.4, 0.5) is 4.79 Å². The Morgan fingerprint density at radius 1 is 1.35 bits per heavy atom. The van der Waals surface area contributed by atoms with E-state index in [0.29, 0.717) is 5.92 Å². The molecule has 2 atom stereocenters. The summed E-state index contributed by atoms with van der Waals surface area (Å²) in [5.74, 6) is 0.465. The van der Waals surface area contributed by atoms with Gasteiger partial charge in [0.05, 0.1) is 0 Å². The van der Waals surface area contributed by atoms with E-state index in [0.717, 1.165) is 32.5 Å². The fourth-order valence-corrected chi connectivity index (χ4v) is 2.97. The second-order valence-electron chi connectivity index (χ2n) is 7.44. The molecule has 2 rings (SSSR count). The number of hydrogen-bond donors (Lipinski definition) is 1. The first kappa shape index (κ1) is 17.8. The maximum atomic E-state index is 12.3. The number of amides is 1. The number of likely N-dealkylation sites (tertiary alicyclic amines) is 1. The summed E-state index contributed by atoms with van der Waals surface area (Å²) in [7, 11) is 0. The summed E-state index contributed by atoms with van der Waals surface area (Å²) < 4.78 is 5.51. The van der Waals surface area contributed by atoms with E-state index in [1.54, 1.807) is 0 Å². The molecule has 0 saturated carbocycles. The van der Waals surface area contributed by atoms with Gasteiger partial charge in [0.15, 0.2) is 0 Å². The largest absolute Gasteiger partial charge is 0.444 e. The van der Waals surface area contributed by atoms with Gasteiger partial charge in [-0.15, -0.1) is 0 Å². The van der Waals surface area contributed by atoms with Gasteiger partial charge in [0.2, 0.25) is 0 Å². The number of nitrogens with one attached hydrogen (secondary N) is 1. The summed E-state index contributed by atoms with van der Waals surface area (Å²) in [5, 5.41) is 3.52. The first-order valence-corrected chi connectivity index (χ1v) is 8.62. The fourth-order valence-electron chi connectivity index (χ4n) is 2.97. The van der Waals surface area contributed by atoms with E-state index >= 15 is 0 Å². The molecule has 1 aliphatic heterocycles. The van der Waals surface area contributed by atoms with Crippen LogP contribution in [0.15, 0.2) is 30.3 Å². The van der Waals surface area contributed by atoms with Gasteiger partial charge < -0.3 is 15.0 Å². The molecule has 0 aliphatic carbocycles. The predicted molar refractivity (Wildman–Crippen MR) is 93.7 cm³/mol. The molecular formula is C19H30N2O2. The second kappa shape index (κ2) is 7.82. The van der Waals surface area contributed by atoms with Crippen molar-refractivity contribution in [1.29, 1.82) is 0 Å². The number of hydrogen-bond acceptors (Lipinski definition) is 3. The van der Waals surface area contributed by atoms with Crippen molar-refractivity contribution in [3.63, 3.8) is 0 Å². The Labute approximate surface area is 140 Å². The van der Waals surface area contributed by atoms with E-state index in [2.05, 4.69) is 36.5 Å². The van der Waals surface area contributed by atoms with E-state index in [-0.39, 0.29) is 12.1 Å². The van der Waals surface area contributed by atoms with Crippen molar-refractivity contribution in [2.45, 2.75) is 58.1 Å². The van der Waals surface area contributed by atoms with Gasteiger partial charge >= 0.3 is 6.09 Å². The third-order valence-corrected chi connectivity index (χ3v) is 4.20. The van der Waals surface area contributed by atoms with E-state index in [4.69, 9.17) is 4.74 Å². The van der Waals surface area contributed by atoms with Gasteiger partial charge in [-0.25, -0.2) is 4.79 Å². The van der Waals surface area contributed by atoms with Crippen LogP contribution in [0.2, 0.25) is 0 Å². The van der Waals surface area contributed by atoms with Crippen molar-refractivity contribution in [3.8, 4) is 0 Å². The van der Waals surface area contributed by atoms with Gasteiger partial charge in [-0.1, -0.05) is 37.3 Å². The molecule has 128 valence electrons. The normalized spacial score (nSPS) is 19.7. The first-order chi connectivity index (χ1) is 10.9. The third-order valence-electron chi connectivity index (χ3n) is 4.20.